The molecule has 42 heavy (non-hydrogen) atoms. The van der Waals surface area contributed by atoms with Crippen molar-refractivity contribution >= 4 is 27.0 Å². The molecule has 1 atom stereocenters. The molecule has 0 bridgehead atoms. The highest BCUT2D eigenvalue weighted by atomic mass is 32.2. The van der Waals surface area contributed by atoms with Gasteiger partial charge < -0.3 is 13.9 Å². The van der Waals surface area contributed by atoms with Crippen molar-refractivity contribution < 1.29 is 27.1 Å². The minimum absolute atomic E-state index is 0.0358. The second-order valence-corrected chi connectivity index (χ2v) is 11.6. The van der Waals surface area contributed by atoms with E-state index in [4.69, 9.17) is 13.9 Å². The normalized spacial score (nSPS) is 12.2. The quantitative estimate of drug-likeness (QED) is 0.137. The molecule has 0 saturated heterocycles. The number of sulfonamides is 1. The van der Waals surface area contributed by atoms with E-state index in [1.54, 1.807) is 62.6 Å². The molecule has 8 nitrogen and oxygen atoms in total. The van der Waals surface area contributed by atoms with Gasteiger partial charge in [0.25, 0.3) is 0 Å². The van der Waals surface area contributed by atoms with Gasteiger partial charge in [0, 0.05) is 17.0 Å². The second-order valence-electron chi connectivity index (χ2n) is 9.87. The highest BCUT2D eigenvalue weighted by Crippen LogP contribution is 2.34. The van der Waals surface area contributed by atoms with Crippen LogP contribution < -0.4 is 19.8 Å². The number of carbonyl (C=O) groups is 1. The van der Waals surface area contributed by atoms with Crippen LogP contribution in [0.15, 0.2) is 111 Å². The summed E-state index contributed by atoms with van der Waals surface area (Å²) in [4.78, 5) is 26.1. The maximum atomic E-state index is 13.5. The smallest absolute Gasteiger partial charge is 0.336 e. The molecule has 0 spiro atoms. The van der Waals surface area contributed by atoms with Gasteiger partial charge in [-0.2, -0.15) is 4.72 Å². The first-order valence-electron chi connectivity index (χ1n) is 13.2. The van der Waals surface area contributed by atoms with E-state index in [1.165, 1.54) is 18.2 Å². The predicted molar refractivity (Wildman–Crippen MR) is 160 cm³/mol. The summed E-state index contributed by atoms with van der Waals surface area (Å²) in [5.41, 5.74) is 3.21. The van der Waals surface area contributed by atoms with Gasteiger partial charge in [-0.3, -0.25) is 0 Å². The average molecular weight is 584 g/mol. The van der Waals surface area contributed by atoms with Crippen LogP contribution in [-0.4, -0.2) is 27.5 Å². The number of fused-ring (bicyclic) bond motifs is 1. The summed E-state index contributed by atoms with van der Waals surface area (Å²) in [5.74, 6) is 0.0280. The summed E-state index contributed by atoms with van der Waals surface area (Å²) in [7, 11) is -2.47. The highest BCUT2D eigenvalue weighted by molar-refractivity contribution is 7.89. The first-order chi connectivity index (χ1) is 20.1. The fourth-order valence-corrected chi connectivity index (χ4v) is 5.82. The molecule has 9 heteroatoms. The van der Waals surface area contributed by atoms with Crippen LogP contribution in [0.5, 0.6) is 11.5 Å². The van der Waals surface area contributed by atoms with Crippen LogP contribution in [0.4, 0.5) is 0 Å². The van der Waals surface area contributed by atoms with Crippen LogP contribution in [0, 0.1) is 13.8 Å². The zero-order valence-electron chi connectivity index (χ0n) is 23.3. The minimum Gasteiger partial charge on any atom is -0.497 e. The zero-order chi connectivity index (χ0) is 29.9. The van der Waals surface area contributed by atoms with Crippen LogP contribution in [-0.2, 0) is 21.2 Å². The van der Waals surface area contributed by atoms with Gasteiger partial charge in [-0.15, -0.1) is 0 Å². The minimum atomic E-state index is -4.05. The van der Waals surface area contributed by atoms with Gasteiger partial charge >= 0.3 is 11.6 Å². The van der Waals surface area contributed by atoms with Gasteiger partial charge in [0.1, 0.15) is 23.1 Å². The maximum Gasteiger partial charge on any atom is 0.336 e. The average Bonchev–Trinajstić information content (AvgIpc) is 2.99. The molecule has 5 rings (SSSR count). The van der Waals surface area contributed by atoms with E-state index in [0.717, 1.165) is 16.7 Å². The Hall–Kier alpha value is -4.73. The van der Waals surface area contributed by atoms with Crippen molar-refractivity contribution in [2.75, 3.05) is 7.11 Å². The van der Waals surface area contributed by atoms with Gasteiger partial charge in [0.15, 0.2) is 0 Å². The van der Waals surface area contributed by atoms with Crippen molar-refractivity contribution in [3.8, 4) is 22.6 Å². The Morgan fingerprint density at radius 1 is 0.905 bits per heavy atom. The monoisotopic (exact) mass is 583 g/mol. The van der Waals surface area contributed by atoms with Crippen molar-refractivity contribution in [3.05, 3.63) is 124 Å². The van der Waals surface area contributed by atoms with Gasteiger partial charge in [-0.25, -0.2) is 18.0 Å². The van der Waals surface area contributed by atoms with E-state index >= 15 is 0 Å². The molecule has 0 saturated carbocycles. The van der Waals surface area contributed by atoms with Gasteiger partial charge in [-0.05, 0) is 73.4 Å². The van der Waals surface area contributed by atoms with E-state index in [1.807, 2.05) is 37.3 Å². The van der Waals surface area contributed by atoms with E-state index < -0.39 is 27.7 Å². The summed E-state index contributed by atoms with van der Waals surface area (Å²) in [6, 6.07) is 26.2. The number of aryl methyl sites for hydroxylation is 2. The molecular weight excluding hydrogens is 554 g/mol. The summed E-state index contributed by atoms with van der Waals surface area (Å²) in [6.45, 7) is 3.53. The second kappa shape index (κ2) is 12.0. The van der Waals surface area contributed by atoms with Crippen LogP contribution in [0.2, 0.25) is 0 Å². The van der Waals surface area contributed by atoms with Crippen molar-refractivity contribution in [2.45, 2.75) is 31.2 Å². The van der Waals surface area contributed by atoms with Gasteiger partial charge in [0.2, 0.25) is 10.0 Å². The van der Waals surface area contributed by atoms with Crippen LogP contribution in [0.25, 0.3) is 22.1 Å². The molecular formula is C33H29NO7S. The Balaban J connectivity index is 1.48. The fourth-order valence-electron chi connectivity index (χ4n) is 4.64. The van der Waals surface area contributed by atoms with Crippen LogP contribution in [0.3, 0.4) is 0 Å². The summed E-state index contributed by atoms with van der Waals surface area (Å²) < 4.78 is 45.5. The largest absolute Gasteiger partial charge is 0.497 e. The molecule has 0 aliphatic rings. The predicted octanol–water partition coefficient (Wildman–Crippen LogP) is 5.58. The third-order valence-corrected chi connectivity index (χ3v) is 8.41. The lowest BCUT2D eigenvalue weighted by molar-refractivity contribution is -0.136. The number of hydrogen-bond acceptors (Lipinski definition) is 7. The molecule has 0 radical (unpaired) electrons. The van der Waals surface area contributed by atoms with Crippen molar-refractivity contribution in [1.82, 2.24) is 4.72 Å². The molecule has 0 fully saturated rings. The van der Waals surface area contributed by atoms with Crippen LogP contribution >= 0.6 is 0 Å². The first kappa shape index (κ1) is 28.8. The van der Waals surface area contributed by atoms with Crippen molar-refractivity contribution in [1.29, 1.82) is 0 Å². The molecule has 0 aliphatic heterocycles. The SMILES string of the molecule is COc1ccc(-c2cc(=O)oc3c(C)c(OC(=O)C(Cc4ccccc4)NS(=O)(=O)c4ccc(C)cc4)ccc23)cc1. The lowest BCUT2D eigenvalue weighted by Crippen LogP contribution is -2.44. The molecule has 4 aromatic carbocycles. The Kier molecular flexibility index (Phi) is 8.24. The molecule has 5 aromatic rings. The summed E-state index contributed by atoms with van der Waals surface area (Å²) in [5, 5.41) is 0.651. The standard InChI is InChI=1S/C33H29NO7S/c1-21-9-15-26(16-10-21)42(37,38)34-29(19-23-7-5-4-6-8-23)33(36)40-30-18-17-27-28(20-31(35)41-32(27)22(30)2)24-11-13-25(39-3)14-12-24/h4-18,20,29,34H,19H2,1-3H3. The number of nitrogens with one attached hydrogen (secondary N) is 1. The Morgan fingerprint density at radius 2 is 1.60 bits per heavy atom. The number of carbonyl (C=O) groups excluding carboxylic acids is 1. The molecule has 1 unspecified atom stereocenters. The van der Waals surface area contributed by atoms with E-state index in [-0.39, 0.29) is 22.6 Å². The first-order valence-corrected chi connectivity index (χ1v) is 14.7. The number of rotatable bonds is 9. The Labute approximate surface area is 243 Å². The molecule has 0 aliphatic carbocycles. The lowest BCUT2D eigenvalue weighted by atomic mass is 10.00. The molecule has 0 amide bonds. The number of hydrogen-bond donors (Lipinski definition) is 1. The highest BCUT2D eigenvalue weighted by Gasteiger charge is 2.28. The summed E-state index contributed by atoms with van der Waals surface area (Å²) >= 11 is 0. The van der Waals surface area contributed by atoms with Crippen molar-refractivity contribution in [3.63, 3.8) is 0 Å². The zero-order valence-corrected chi connectivity index (χ0v) is 24.1. The van der Waals surface area contributed by atoms with E-state index in [9.17, 15) is 18.0 Å². The van der Waals surface area contributed by atoms with E-state index in [0.29, 0.717) is 22.3 Å². The third-order valence-electron chi connectivity index (χ3n) is 6.92. The maximum absolute atomic E-state index is 13.5. The summed E-state index contributed by atoms with van der Waals surface area (Å²) in [6.07, 6.45) is 0.0636. The fraction of sp³-hybridized carbons (Fsp3) is 0.152. The van der Waals surface area contributed by atoms with Crippen molar-refractivity contribution in [2.24, 2.45) is 0 Å². The molecule has 1 heterocycles. The van der Waals surface area contributed by atoms with E-state index in [2.05, 4.69) is 4.72 Å². The number of benzene rings is 4. The number of methoxy groups -OCH3 is 1. The lowest BCUT2D eigenvalue weighted by Gasteiger charge is -2.19. The number of ether oxygens (including phenoxy) is 2. The number of esters is 1. The molecule has 1 N–H and O–H groups in total. The Morgan fingerprint density at radius 3 is 2.26 bits per heavy atom. The van der Waals surface area contributed by atoms with Crippen LogP contribution in [0.1, 0.15) is 16.7 Å². The molecule has 1 aromatic heterocycles. The Bertz CT molecular complexity index is 1900. The molecule has 214 valence electrons. The topological polar surface area (TPSA) is 112 Å². The van der Waals surface area contributed by atoms with Gasteiger partial charge in [0.05, 0.1) is 12.0 Å². The van der Waals surface area contributed by atoms with Gasteiger partial charge in [-0.1, -0.05) is 60.2 Å². The third kappa shape index (κ3) is 6.27.